The zero-order chi connectivity index (χ0) is 12.1. The van der Waals surface area contributed by atoms with E-state index in [-0.39, 0.29) is 12.4 Å². The number of methoxy groups -OCH3 is 1. The Kier molecular flexibility index (Phi) is 3.40. The van der Waals surface area contributed by atoms with Crippen molar-refractivity contribution >= 4 is 5.97 Å². The standard InChI is InChI=1S/C12H11NO4/c1-15-12(14)11-5-4-10(17-11)8-16-9-3-2-6-13-7-9/h2-7H,8H2,1H3. The molecule has 0 saturated heterocycles. The van der Waals surface area contributed by atoms with Crippen LogP contribution in [0.15, 0.2) is 41.1 Å². The molecule has 0 aliphatic carbocycles. The van der Waals surface area contributed by atoms with Crippen LogP contribution in [-0.4, -0.2) is 18.1 Å². The molecule has 17 heavy (non-hydrogen) atoms. The summed E-state index contributed by atoms with van der Waals surface area (Å²) in [6.45, 7) is 0.239. The lowest BCUT2D eigenvalue weighted by molar-refractivity contribution is 0.0561. The summed E-state index contributed by atoms with van der Waals surface area (Å²) in [5.74, 6) is 0.854. The summed E-state index contributed by atoms with van der Waals surface area (Å²) >= 11 is 0. The molecule has 0 aliphatic heterocycles. The molecule has 88 valence electrons. The first-order chi connectivity index (χ1) is 8.29. The summed E-state index contributed by atoms with van der Waals surface area (Å²) in [4.78, 5) is 15.0. The number of nitrogens with zero attached hydrogens (tertiary/aromatic N) is 1. The minimum atomic E-state index is -0.502. The molecule has 0 spiro atoms. The molecule has 0 unspecified atom stereocenters. The Bertz CT molecular complexity index is 492. The number of carbonyl (C=O) groups excluding carboxylic acids is 1. The highest BCUT2D eigenvalue weighted by atomic mass is 16.5. The van der Waals surface area contributed by atoms with Crippen molar-refractivity contribution in [3.63, 3.8) is 0 Å². The van der Waals surface area contributed by atoms with Crippen molar-refractivity contribution < 1.29 is 18.7 Å². The summed E-state index contributed by atoms with van der Waals surface area (Å²) < 4.78 is 15.2. The van der Waals surface area contributed by atoms with Crippen molar-refractivity contribution in [3.8, 4) is 5.75 Å². The van der Waals surface area contributed by atoms with Gasteiger partial charge in [0.1, 0.15) is 18.1 Å². The molecule has 2 aromatic heterocycles. The number of aromatic nitrogens is 1. The Morgan fingerprint density at radius 3 is 3.00 bits per heavy atom. The van der Waals surface area contributed by atoms with Crippen LogP contribution >= 0.6 is 0 Å². The van der Waals surface area contributed by atoms with Gasteiger partial charge in [0, 0.05) is 6.20 Å². The molecule has 0 aliphatic rings. The molecule has 0 aromatic carbocycles. The second-order valence-electron chi connectivity index (χ2n) is 3.23. The van der Waals surface area contributed by atoms with Crippen LogP contribution in [0, 0.1) is 0 Å². The lowest BCUT2D eigenvalue weighted by atomic mass is 10.4. The highest BCUT2D eigenvalue weighted by Crippen LogP contribution is 2.13. The van der Waals surface area contributed by atoms with E-state index in [1.807, 2.05) is 0 Å². The molecule has 2 rings (SSSR count). The zero-order valence-electron chi connectivity index (χ0n) is 9.25. The predicted octanol–water partition coefficient (Wildman–Crippen LogP) is 2.04. The van der Waals surface area contributed by atoms with Gasteiger partial charge in [-0.25, -0.2) is 4.79 Å². The van der Waals surface area contributed by atoms with E-state index in [0.717, 1.165) is 0 Å². The number of ether oxygens (including phenoxy) is 2. The highest BCUT2D eigenvalue weighted by Gasteiger charge is 2.11. The largest absolute Gasteiger partial charge is 0.484 e. The fraction of sp³-hybridized carbons (Fsp3) is 0.167. The maximum absolute atomic E-state index is 11.1. The maximum atomic E-state index is 11.1. The van der Waals surface area contributed by atoms with Crippen LogP contribution in [0.3, 0.4) is 0 Å². The topological polar surface area (TPSA) is 61.6 Å². The number of pyridine rings is 1. The summed E-state index contributed by atoms with van der Waals surface area (Å²) in [6, 6.07) is 6.78. The average Bonchev–Trinajstić information content (AvgIpc) is 2.85. The number of hydrogen-bond acceptors (Lipinski definition) is 5. The van der Waals surface area contributed by atoms with E-state index in [2.05, 4.69) is 9.72 Å². The molecule has 0 saturated carbocycles. The van der Waals surface area contributed by atoms with Crippen LogP contribution in [0.2, 0.25) is 0 Å². The third-order valence-corrected chi connectivity index (χ3v) is 2.06. The fourth-order valence-electron chi connectivity index (χ4n) is 1.25. The van der Waals surface area contributed by atoms with E-state index in [1.54, 1.807) is 36.7 Å². The number of rotatable bonds is 4. The molecule has 0 bridgehead atoms. The fourth-order valence-corrected chi connectivity index (χ4v) is 1.25. The normalized spacial score (nSPS) is 9.94. The second-order valence-corrected chi connectivity index (χ2v) is 3.23. The van der Waals surface area contributed by atoms with Crippen LogP contribution in [0.25, 0.3) is 0 Å². The summed E-state index contributed by atoms with van der Waals surface area (Å²) in [5.41, 5.74) is 0. The number of carbonyl (C=O) groups is 1. The van der Waals surface area contributed by atoms with Gasteiger partial charge in [-0.15, -0.1) is 0 Å². The average molecular weight is 233 g/mol. The van der Waals surface area contributed by atoms with Gasteiger partial charge in [0.2, 0.25) is 5.76 Å². The van der Waals surface area contributed by atoms with E-state index in [4.69, 9.17) is 9.15 Å². The highest BCUT2D eigenvalue weighted by molar-refractivity contribution is 5.86. The Labute approximate surface area is 98.0 Å². The Hall–Kier alpha value is -2.30. The van der Waals surface area contributed by atoms with Crippen LogP contribution in [0.5, 0.6) is 5.75 Å². The predicted molar refractivity (Wildman–Crippen MR) is 58.6 cm³/mol. The third-order valence-electron chi connectivity index (χ3n) is 2.06. The van der Waals surface area contributed by atoms with Crippen molar-refractivity contribution in [2.75, 3.05) is 7.11 Å². The van der Waals surface area contributed by atoms with E-state index in [0.29, 0.717) is 11.5 Å². The molecule has 0 atom stereocenters. The Morgan fingerprint density at radius 2 is 2.29 bits per heavy atom. The first-order valence-corrected chi connectivity index (χ1v) is 4.99. The molecule has 0 amide bonds. The smallest absolute Gasteiger partial charge is 0.373 e. The van der Waals surface area contributed by atoms with Gasteiger partial charge in [-0.05, 0) is 24.3 Å². The number of esters is 1. The second kappa shape index (κ2) is 5.16. The summed E-state index contributed by atoms with van der Waals surface area (Å²) in [5, 5.41) is 0. The van der Waals surface area contributed by atoms with Crippen molar-refractivity contribution in [1.29, 1.82) is 0 Å². The van der Waals surface area contributed by atoms with Gasteiger partial charge in [0.05, 0.1) is 13.3 Å². The molecular formula is C12H11NO4. The Morgan fingerprint density at radius 1 is 1.41 bits per heavy atom. The summed E-state index contributed by atoms with van der Waals surface area (Å²) in [6.07, 6.45) is 3.26. The van der Waals surface area contributed by atoms with Gasteiger partial charge in [-0.2, -0.15) is 0 Å². The first kappa shape index (κ1) is 11.2. The maximum Gasteiger partial charge on any atom is 0.373 e. The van der Waals surface area contributed by atoms with Crippen LogP contribution in [0.1, 0.15) is 16.3 Å². The van der Waals surface area contributed by atoms with E-state index >= 15 is 0 Å². The quantitative estimate of drug-likeness (QED) is 0.756. The monoisotopic (exact) mass is 233 g/mol. The van der Waals surface area contributed by atoms with E-state index < -0.39 is 5.97 Å². The zero-order valence-corrected chi connectivity index (χ0v) is 9.25. The molecule has 5 heteroatoms. The molecule has 0 fully saturated rings. The van der Waals surface area contributed by atoms with Gasteiger partial charge in [0.15, 0.2) is 0 Å². The van der Waals surface area contributed by atoms with Crippen molar-refractivity contribution in [1.82, 2.24) is 4.98 Å². The molecule has 0 radical (unpaired) electrons. The van der Waals surface area contributed by atoms with Crippen LogP contribution < -0.4 is 4.74 Å². The van der Waals surface area contributed by atoms with Crippen molar-refractivity contribution in [3.05, 3.63) is 48.2 Å². The third kappa shape index (κ3) is 2.84. The first-order valence-electron chi connectivity index (χ1n) is 4.99. The van der Waals surface area contributed by atoms with Gasteiger partial charge in [-0.1, -0.05) is 0 Å². The SMILES string of the molecule is COC(=O)c1ccc(COc2cccnc2)o1. The van der Waals surface area contributed by atoms with Gasteiger partial charge < -0.3 is 13.9 Å². The minimum absolute atomic E-state index is 0.164. The Balaban J connectivity index is 1.96. The van der Waals surface area contributed by atoms with E-state index in [9.17, 15) is 4.79 Å². The lowest BCUT2D eigenvalue weighted by Gasteiger charge is -2.02. The van der Waals surface area contributed by atoms with Gasteiger partial charge in [-0.3, -0.25) is 4.98 Å². The van der Waals surface area contributed by atoms with Crippen LogP contribution in [0.4, 0.5) is 0 Å². The lowest BCUT2D eigenvalue weighted by Crippen LogP contribution is -1.99. The number of furan rings is 1. The molecular weight excluding hydrogens is 222 g/mol. The molecule has 2 heterocycles. The van der Waals surface area contributed by atoms with E-state index in [1.165, 1.54) is 7.11 Å². The van der Waals surface area contributed by atoms with Gasteiger partial charge in [0.25, 0.3) is 0 Å². The van der Waals surface area contributed by atoms with Gasteiger partial charge >= 0.3 is 5.97 Å². The van der Waals surface area contributed by atoms with Crippen LogP contribution in [-0.2, 0) is 11.3 Å². The minimum Gasteiger partial charge on any atom is -0.484 e. The molecule has 5 nitrogen and oxygen atoms in total. The number of hydrogen-bond donors (Lipinski definition) is 0. The van der Waals surface area contributed by atoms with Crippen molar-refractivity contribution in [2.45, 2.75) is 6.61 Å². The van der Waals surface area contributed by atoms with Crippen molar-refractivity contribution in [2.24, 2.45) is 0 Å². The molecule has 2 aromatic rings. The summed E-state index contributed by atoms with van der Waals surface area (Å²) in [7, 11) is 1.30. The molecule has 0 N–H and O–H groups in total.